The average Bonchev–Trinajstić information content (AvgIpc) is 2.37. The van der Waals surface area contributed by atoms with Crippen LogP contribution in [0.25, 0.3) is 0 Å². The number of hydrogen-bond donors (Lipinski definition) is 2. The highest BCUT2D eigenvalue weighted by Gasteiger charge is 2.25. The van der Waals surface area contributed by atoms with Gasteiger partial charge in [0.05, 0.1) is 7.11 Å². The van der Waals surface area contributed by atoms with Crippen LogP contribution in [0.4, 0.5) is 4.79 Å². The molecule has 1 aromatic heterocycles. The van der Waals surface area contributed by atoms with Gasteiger partial charge in [-0.3, -0.25) is 4.79 Å². The first kappa shape index (κ1) is 16.7. The predicted octanol–water partition coefficient (Wildman–Crippen LogP) is 0.984. The summed E-state index contributed by atoms with van der Waals surface area (Å²) in [5.74, 6) is -0.649. The number of ether oxygens (including phenoxy) is 2. The lowest BCUT2D eigenvalue weighted by atomic mass is 10.1. The highest BCUT2D eigenvalue weighted by atomic mass is 16.6. The molecule has 21 heavy (non-hydrogen) atoms. The van der Waals surface area contributed by atoms with Gasteiger partial charge >= 0.3 is 12.1 Å². The SMILES string of the molecule is COC(=O)C(Cc1ccc[nH]c1=O)NC(=O)OC(C)(C)C. The third-order valence-electron chi connectivity index (χ3n) is 2.50. The van der Waals surface area contributed by atoms with Gasteiger partial charge in [-0.15, -0.1) is 0 Å². The smallest absolute Gasteiger partial charge is 0.408 e. The second-order valence-corrected chi connectivity index (χ2v) is 5.45. The lowest BCUT2D eigenvalue weighted by Gasteiger charge is -2.22. The standard InChI is InChI=1S/C14H20N2O5/c1-14(2,3)21-13(19)16-10(12(18)20-4)8-9-6-5-7-15-11(9)17/h5-7,10H,8H2,1-4H3,(H,15,17)(H,16,19). The molecule has 0 aromatic carbocycles. The van der Waals surface area contributed by atoms with Gasteiger partial charge in [0.2, 0.25) is 0 Å². The van der Waals surface area contributed by atoms with Crippen molar-refractivity contribution in [1.29, 1.82) is 0 Å². The number of esters is 1. The quantitative estimate of drug-likeness (QED) is 0.807. The summed E-state index contributed by atoms with van der Waals surface area (Å²) in [6.45, 7) is 5.13. The van der Waals surface area contributed by atoms with Crippen LogP contribution in [0.3, 0.4) is 0 Å². The maximum Gasteiger partial charge on any atom is 0.408 e. The number of aromatic amines is 1. The molecule has 0 bridgehead atoms. The van der Waals surface area contributed by atoms with Crippen molar-refractivity contribution in [2.45, 2.75) is 38.8 Å². The van der Waals surface area contributed by atoms with Gasteiger partial charge in [-0.25, -0.2) is 9.59 Å². The number of rotatable bonds is 4. The third kappa shape index (κ3) is 5.68. The highest BCUT2D eigenvalue weighted by Crippen LogP contribution is 2.08. The second kappa shape index (κ2) is 6.92. The Labute approximate surface area is 122 Å². The van der Waals surface area contributed by atoms with Gasteiger partial charge in [0, 0.05) is 18.2 Å². The zero-order chi connectivity index (χ0) is 16.0. The van der Waals surface area contributed by atoms with Gasteiger partial charge in [0.25, 0.3) is 5.56 Å². The first-order chi connectivity index (χ1) is 9.73. The molecular weight excluding hydrogens is 276 g/mol. The average molecular weight is 296 g/mol. The fourth-order valence-corrected chi connectivity index (χ4v) is 1.62. The van der Waals surface area contributed by atoms with E-state index in [-0.39, 0.29) is 12.0 Å². The number of hydrogen-bond acceptors (Lipinski definition) is 5. The van der Waals surface area contributed by atoms with Gasteiger partial charge in [-0.2, -0.15) is 0 Å². The van der Waals surface area contributed by atoms with Gasteiger partial charge in [-0.1, -0.05) is 6.07 Å². The van der Waals surface area contributed by atoms with Crippen molar-refractivity contribution >= 4 is 12.1 Å². The number of nitrogens with one attached hydrogen (secondary N) is 2. The Hall–Kier alpha value is -2.31. The van der Waals surface area contributed by atoms with Gasteiger partial charge in [0.1, 0.15) is 11.6 Å². The molecule has 0 saturated carbocycles. The van der Waals surface area contributed by atoms with Crippen LogP contribution >= 0.6 is 0 Å². The Morgan fingerprint density at radius 1 is 1.38 bits per heavy atom. The van der Waals surface area contributed by atoms with E-state index in [1.54, 1.807) is 32.9 Å². The number of methoxy groups -OCH3 is 1. The van der Waals surface area contributed by atoms with Crippen molar-refractivity contribution in [3.05, 3.63) is 34.2 Å². The maximum atomic E-state index is 11.7. The molecule has 116 valence electrons. The van der Waals surface area contributed by atoms with Crippen LogP contribution in [-0.4, -0.2) is 35.8 Å². The minimum atomic E-state index is -0.992. The van der Waals surface area contributed by atoms with Crippen molar-refractivity contribution < 1.29 is 19.1 Å². The number of aromatic nitrogens is 1. The van der Waals surface area contributed by atoms with Crippen molar-refractivity contribution in [1.82, 2.24) is 10.3 Å². The molecule has 0 fully saturated rings. The topological polar surface area (TPSA) is 97.5 Å². The van der Waals surface area contributed by atoms with E-state index < -0.39 is 23.7 Å². The molecule has 1 unspecified atom stereocenters. The van der Waals surface area contributed by atoms with Crippen LogP contribution in [0.2, 0.25) is 0 Å². The number of alkyl carbamates (subject to hydrolysis) is 1. The summed E-state index contributed by atoms with van der Waals surface area (Å²) in [6.07, 6.45) is 0.757. The predicted molar refractivity (Wildman–Crippen MR) is 75.9 cm³/mol. The molecule has 0 spiro atoms. The number of pyridine rings is 1. The van der Waals surface area contributed by atoms with Crippen LogP contribution in [0.5, 0.6) is 0 Å². The molecule has 0 saturated heterocycles. The molecule has 7 heteroatoms. The molecule has 1 rings (SSSR count). The molecule has 1 amide bonds. The molecule has 2 N–H and O–H groups in total. The lowest BCUT2D eigenvalue weighted by molar-refractivity contribution is -0.143. The van der Waals surface area contributed by atoms with Crippen molar-refractivity contribution in [2.24, 2.45) is 0 Å². The summed E-state index contributed by atoms with van der Waals surface area (Å²) in [7, 11) is 1.21. The third-order valence-corrected chi connectivity index (χ3v) is 2.50. The number of carbonyl (C=O) groups is 2. The van der Waals surface area contributed by atoms with Crippen molar-refractivity contribution in [3.63, 3.8) is 0 Å². The van der Waals surface area contributed by atoms with Crippen LogP contribution < -0.4 is 10.9 Å². The summed E-state index contributed by atoms with van der Waals surface area (Å²) in [6, 6.07) is 2.22. The van der Waals surface area contributed by atoms with E-state index in [0.29, 0.717) is 5.56 Å². The normalized spacial score (nSPS) is 12.4. The lowest BCUT2D eigenvalue weighted by Crippen LogP contribution is -2.45. The molecule has 1 aromatic rings. The molecular formula is C14H20N2O5. The Kier molecular flexibility index (Phi) is 5.52. The fraction of sp³-hybridized carbons (Fsp3) is 0.500. The Morgan fingerprint density at radius 2 is 2.05 bits per heavy atom. The van der Waals surface area contributed by atoms with E-state index in [2.05, 4.69) is 15.0 Å². The van der Waals surface area contributed by atoms with Crippen molar-refractivity contribution in [3.8, 4) is 0 Å². The Balaban J connectivity index is 2.83. The summed E-state index contributed by atoms with van der Waals surface area (Å²) in [4.78, 5) is 37.6. The zero-order valence-corrected chi connectivity index (χ0v) is 12.6. The monoisotopic (exact) mass is 296 g/mol. The molecule has 0 radical (unpaired) electrons. The number of carbonyl (C=O) groups excluding carboxylic acids is 2. The van der Waals surface area contributed by atoms with Crippen LogP contribution in [0.1, 0.15) is 26.3 Å². The van der Waals surface area contributed by atoms with E-state index in [1.807, 2.05) is 0 Å². The van der Waals surface area contributed by atoms with E-state index in [4.69, 9.17) is 4.74 Å². The maximum absolute atomic E-state index is 11.7. The minimum Gasteiger partial charge on any atom is -0.467 e. The summed E-state index contributed by atoms with van der Waals surface area (Å²) >= 11 is 0. The van der Waals surface area contributed by atoms with Crippen molar-refractivity contribution in [2.75, 3.05) is 7.11 Å². The summed E-state index contributed by atoms with van der Waals surface area (Å²) < 4.78 is 9.72. The van der Waals surface area contributed by atoms with E-state index in [1.165, 1.54) is 13.3 Å². The van der Waals surface area contributed by atoms with E-state index in [0.717, 1.165) is 0 Å². The zero-order valence-electron chi connectivity index (χ0n) is 12.6. The molecule has 0 aliphatic heterocycles. The molecule has 0 aliphatic carbocycles. The molecule has 1 atom stereocenters. The second-order valence-electron chi connectivity index (χ2n) is 5.45. The Morgan fingerprint density at radius 3 is 2.57 bits per heavy atom. The first-order valence-electron chi connectivity index (χ1n) is 6.47. The fourth-order valence-electron chi connectivity index (χ4n) is 1.62. The summed E-state index contributed by atoms with van der Waals surface area (Å²) in [5.41, 5.74) is -0.643. The number of amides is 1. The highest BCUT2D eigenvalue weighted by molar-refractivity contribution is 5.81. The van der Waals surface area contributed by atoms with E-state index in [9.17, 15) is 14.4 Å². The Bertz CT molecular complexity index is 559. The van der Waals surface area contributed by atoms with Crippen LogP contribution in [0, 0.1) is 0 Å². The van der Waals surface area contributed by atoms with Gasteiger partial charge < -0.3 is 19.8 Å². The molecule has 7 nitrogen and oxygen atoms in total. The number of H-pyrrole nitrogens is 1. The van der Waals surface area contributed by atoms with E-state index >= 15 is 0 Å². The largest absolute Gasteiger partial charge is 0.467 e. The molecule has 1 heterocycles. The summed E-state index contributed by atoms with van der Waals surface area (Å²) in [5, 5.41) is 2.41. The minimum absolute atomic E-state index is 0.0160. The van der Waals surface area contributed by atoms with Crippen LogP contribution in [-0.2, 0) is 20.7 Å². The molecule has 0 aliphatic rings. The van der Waals surface area contributed by atoms with Gasteiger partial charge in [0.15, 0.2) is 0 Å². The van der Waals surface area contributed by atoms with Crippen LogP contribution in [0.15, 0.2) is 23.1 Å². The van der Waals surface area contributed by atoms with Gasteiger partial charge in [-0.05, 0) is 26.8 Å². The first-order valence-corrected chi connectivity index (χ1v) is 6.47.